The first-order valence-electron chi connectivity index (χ1n) is 3.79. The summed E-state index contributed by atoms with van der Waals surface area (Å²) in [6, 6.07) is 0. The highest BCUT2D eigenvalue weighted by Gasteiger charge is 2.38. The Morgan fingerprint density at radius 1 is 1.29 bits per heavy atom. The third-order valence-corrected chi connectivity index (χ3v) is 17.6. The maximum absolute atomic E-state index is 6.34. The summed E-state index contributed by atoms with van der Waals surface area (Å²) in [5.74, 6) is 0. The Morgan fingerprint density at radius 2 is 1.88 bits per heavy atom. The van der Waals surface area contributed by atoms with Crippen molar-refractivity contribution in [1.82, 2.24) is 12.8 Å². The van der Waals surface area contributed by atoms with Crippen LogP contribution in [0.5, 0.6) is 0 Å². The zero-order chi connectivity index (χ0) is 13.2. The Morgan fingerprint density at radius 3 is 2.41 bits per heavy atom. The molecule has 1 rings (SSSR count). The van der Waals surface area contributed by atoms with Crippen molar-refractivity contribution in [2.24, 2.45) is 4.52 Å². The van der Waals surface area contributed by atoms with Gasteiger partial charge in [0.2, 0.25) is 7.58 Å². The second-order valence-electron chi connectivity index (χ2n) is 2.56. The first-order valence-corrected chi connectivity index (χ1v) is 13.8. The lowest BCUT2D eigenvalue weighted by atomic mass is 10.8. The van der Waals surface area contributed by atoms with Gasteiger partial charge in [-0.15, -0.1) is 14.5 Å². The molecular weight excluding hydrogens is 429 g/mol. The van der Waals surface area contributed by atoms with Gasteiger partial charge in [0.1, 0.15) is 6.56 Å². The summed E-state index contributed by atoms with van der Waals surface area (Å²) in [5, 5.41) is 0. The van der Waals surface area contributed by atoms with Crippen molar-refractivity contribution in [3.05, 3.63) is 12.7 Å². The highest BCUT2D eigenvalue weighted by atomic mass is 35.7. The largest absolute Gasteiger partial charge is 0.222 e. The minimum atomic E-state index is -2.43. The number of nitrogens with one attached hydrogen (secondary N) is 1. The highest BCUT2D eigenvalue weighted by molar-refractivity contribution is 8.08. The number of hydrogen-bond donors (Lipinski definition) is 1. The van der Waals surface area contributed by atoms with Crippen LogP contribution in [0.15, 0.2) is 17.2 Å². The first-order chi connectivity index (χ1) is 7.80. The van der Waals surface area contributed by atoms with Gasteiger partial charge < -0.3 is 0 Å². The molecule has 0 spiro atoms. The van der Waals surface area contributed by atoms with Crippen molar-refractivity contribution in [2.45, 2.75) is 0 Å². The minimum Gasteiger partial charge on any atom is -0.222 e. The average Bonchev–Trinajstić information content (AvgIpc) is 2.24. The normalized spacial score (nSPS) is 41.4. The van der Waals surface area contributed by atoms with Crippen LogP contribution in [0.4, 0.5) is 0 Å². The molecule has 100 valence electrons. The van der Waals surface area contributed by atoms with E-state index >= 15 is 0 Å². The zero-order valence-corrected chi connectivity index (χ0v) is 16.0. The lowest BCUT2D eigenvalue weighted by Crippen LogP contribution is -2.12. The monoisotopic (exact) mass is 432 g/mol. The molecule has 4 unspecified atom stereocenters. The third kappa shape index (κ3) is 4.98. The van der Waals surface area contributed by atoms with Gasteiger partial charge in [0, 0.05) is 6.16 Å². The number of allylic oxidation sites excluding steroid dienone is 1. The van der Waals surface area contributed by atoms with Crippen molar-refractivity contribution in [3.8, 4) is 0 Å². The van der Waals surface area contributed by atoms with E-state index in [4.69, 9.17) is 68.5 Å². The van der Waals surface area contributed by atoms with Gasteiger partial charge in [-0.3, -0.25) is 0 Å². The quantitative estimate of drug-likeness (QED) is 0.280. The van der Waals surface area contributed by atoms with Crippen molar-refractivity contribution in [3.63, 3.8) is 0 Å². The summed E-state index contributed by atoms with van der Waals surface area (Å²) in [6.45, 7) is 1.19. The van der Waals surface area contributed by atoms with Gasteiger partial charge in [0.05, 0.1) is 0 Å². The van der Waals surface area contributed by atoms with E-state index in [0.717, 1.165) is 0 Å². The molecular formula is C3H6Cl6N4P4. The molecule has 0 saturated heterocycles. The van der Waals surface area contributed by atoms with Gasteiger partial charge in [-0.05, 0) is 34.8 Å². The van der Waals surface area contributed by atoms with Gasteiger partial charge in [-0.2, -0.15) is 0 Å². The maximum Gasteiger partial charge on any atom is 0.210 e. The lowest BCUT2D eigenvalue weighted by Gasteiger charge is -2.34. The van der Waals surface area contributed by atoms with Crippen molar-refractivity contribution in [2.75, 3.05) is 6.16 Å². The molecule has 0 radical (unpaired) electrons. The Bertz CT molecular complexity index is 343. The molecule has 14 heteroatoms. The van der Waals surface area contributed by atoms with E-state index in [2.05, 4.69) is 16.0 Å². The molecule has 0 saturated carbocycles. The standard InChI is InChI=1S/C3H6Cl6N4P4/c1-2-3-17(9)10-14(6)12(4)16(8)13(5)15(7)11-17/h2,10H,1,3H2. The zero-order valence-electron chi connectivity index (χ0n) is 7.89. The van der Waals surface area contributed by atoms with Crippen LogP contribution in [0, 0.1) is 0 Å². The van der Waals surface area contributed by atoms with Gasteiger partial charge in [-0.1, -0.05) is 39.8 Å². The Hall–Kier alpha value is 2.88. The van der Waals surface area contributed by atoms with Gasteiger partial charge >= 0.3 is 0 Å². The second-order valence-corrected chi connectivity index (χ2v) is 15.6. The van der Waals surface area contributed by atoms with E-state index in [1.54, 1.807) is 6.08 Å². The van der Waals surface area contributed by atoms with E-state index in [1.807, 2.05) is 0 Å². The van der Waals surface area contributed by atoms with Gasteiger partial charge in [-0.25, -0.2) is 9.37 Å². The Labute approximate surface area is 133 Å². The van der Waals surface area contributed by atoms with Crippen LogP contribution >= 0.6 is 97.8 Å². The van der Waals surface area contributed by atoms with Crippen molar-refractivity contribution >= 4 is 97.8 Å². The van der Waals surface area contributed by atoms with E-state index in [1.165, 1.54) is 7.92 Å². The van der Waals surface area contributed by atoms with Crippen LogP contribution < -0.4 is 4.86 Å². The van der Waals surface area contributed by atoms with Crippen molar-refractivity contribution in [1.29, 1.82) is 0 Å². The number of rotatable bonds is 2. The summed E-state index contributed by atoms with van der Waals surface area (Å²) in [6.07, 6.45) is 2.07. The topological polar surface area (TPSA) is 30.9 Å². The van der Waals surface area contributed by atoms with E-state index < -0.39 is 29.3 Å². The molecule has 0 aliphatic carbocycles. The third-order valence-electron chi connectivity index (χ3n) is 1.38. The lowest BCUT2D eigenvalue weighted by molar-refractivity contribution is 1.06. The minimum absolute atomic E-state index is 0.432. The van der Waals surface area contributed by atoms with Crippen LogP contribution in [0.2, 0.25) is 0 Å². The van der Waals surface area contributed by atoms with Gasteiger partial charge in [0.15, 0.2) is 15.2 Å². The summed E-state index contributed by atoms with van der Waals surface area (Å²) in [4.78, 5) is 2.97. The Balaban J connectivity index is 3.10. The molecule has 17 heavy (non-hydrogen) atoms. The van der Waals surface area contributed by atoms with Gasteiger partial charge in [0.25, 0.3) is 0 Å². The molecule has 4 atom stereocenters. The summed E-state index contributed by atoms with van der Waals surface area (Å²) in [5.41, 5.74) is 0. The molecule has 0 fully saturated rings. The van der Waals surface area contributed by atoms with E-state index in [0.29, 0.717) is 6.16 Å². The predicted octanol–water partition coefficient (Wildman–Crippen LogP) is 7.35. The maximum atomic E-state index is 6.34. The fourth-order valence-electron chi connectivity index (χ4n) is 0.768. The molecule has 1 N–H and O–H groups in total. The molecule has 1 heterocycles. The number of nitrogens with zero attached hydrogens (tertiary/aromatic N) is 3. The predicted molar refractivity (Wildman–Crippen MR) is 87.1 cm³/mol. The van der Waals surface area contributed by atoms with E-state index in [-0.39, 0.29) is 0 Å². The summed E-state index contributed by atoms with van der Waals surface area (Å²) in [7, 11) is -4.56. The van der Waals surface area contributed by atoms with Crippen LogP contribution in [0.3, 0.4) is 0 Å². The SMILES string of the molecule is C=CCP1(Cl)=NP(Cl)N(Cl)P(Cl)N(Cl)P(Cl)N1. The van der Waals surface area contributed by atoms with Crippen LogP contribution in [0.1, 0.15) is 0 Å². The molecule has 0 aromatic rings. The molecule has 0 amide bonds. The summed E-state index contributed by atoms with van der Waals surface area (Å²) >= 11 is 36.4. The van der Waals surface area contributed by atoms with Crippen LogP contribution in [0.25, 0.3) is 0 Å². The average molecular weight is 435 g/mol. The fourth-order valence-corrected chi connectivity index (χ4v) is 15.9. The first kappa shape index (κ1) is 17.9. The molecule has 0 aromatic carbocycles. The second kappa shape index (κ2) is 7.77. The van der Waals surface area contributed by atoms with E-state index in [9.17, 15) is 0 Å². The number of hydrogen-bond acceptors (Lipinski definition) is 4. The van der Waals surface area contributed by atoms with Crippen LogP contribution in [-0.4, -0.2) is 14.1 Å². The smallest absolute Gasteiger partial charge is 0.210 e. The Kier molecular flexibility index (Phi) is 8.19. The highest BCUT2D eigenvalue weighted by Crippen LogP contribution is 2.79. The molecule has 1 aliphatic rings. The fraction of sp³-hybridized carbons (Fsp3) is 0.333. The number of halogens is 6. The van der Waals surface area contributed by atoms with Crippen LogP contribution in [-0.2, 0) is 0 Å². The summed E-state index contributed by atoms with van der Waals surface area (Å²) < 4.78 is 6.64. The molecule has 0 bridgehead atoms. The molecule has 1 aliphatic heterocycles. The van der Waals surface area contributed by atoms with Crippen molar-refractivity contribution < 1.29 is 0 Å². The molecule has 4 nitrogen and oxygen atoms in total. The molecule has 0 aromatic heterocycles.